The highest BCUT2D eigenvalue weighted by Crippen LogP contribution is 2.05. The maximum absolute atomic E-state index is 11.4. The number of carboxylic acids is 1. The van der Waals surface area contributed by atoms with Crippen LogP contribution >= 0.6 is 0 Å². The van der Waals surface area contributed by atoms with Crippen molar-refractivity contribution >= 4 is 18.1 Å². The van der Waals surface area contributed by atoms with Gasteiger partial charge in [-0.25, -0.2) is 4.79 Å². The molecule has 1 aromatic carbocycles. The number of benzene rings is 1. The molecule has 4 heteroatoms. The Morgan fingerprint density at radius 2 is 1.78 bits per heavy atom. The second kappa shape index (κ2) is 5.14. The van der Waals surface area contributed by atoms with Crippen LogP contribution in [-0.4, -0.2) is 16.1 Å². The maximum Gasteiger partial charge on any atom is 0.341 e. The van der Waals surface area contributed by atoms with E-state index in [0.717, 1.165) is 5.56 Å². The molecule has 0 amide bonds. The third-order valence-electron chi connectivity index (χ3n) is 2.42. The van der Waals surface area contributed by atoms with E-state index in [1.165, 1.54) is 6.07 Å². The number of hydrogen-bond acceptors (Lipinski definition) is 2. The van der Waals surface area contributed by atoms with Gasteiger partial charge in [0, 0.05) is 5.69 Å². The predicted octanol–water partition coefficient (Wildman–Crippen LogP) is 2.24. The molecule has 1 aromatic heterocycles. The molecule has 0 unspecified atom stereocenters. The third kappa shape index (κ3) is 2.74. The number of aromatic carboxylic acids is 1. The Bertz CT molecular complexity index is 642. The highest BCUT2D eigenvalue weighted by atomic mass is 16.4. The van der Waals surface area contributed by atoms with Crippen molar-refractivity contribution in [1.82, 2.24) is 4.98 Å². The molecule has 0 atom stereocenters. The fraction of sp³-hybridized carbons (Fsp3) is 0. The normalized spacial score (nSPS) is 10.7. The molecule has 0 aliphatic carbocycles. The molecule has 18 heavy (non-hydrogen) atoms. The second-order valence-corrected chi connectivity index (χ2v) is 3.71. The average Bonchev–Trinajstić information content (AvgIpc) is 2.37. The van der Waals surface area contributed by atoms with Gasteiger partial charge >= 0.3 is 5.97 Å². The van der Waals surface area contributed by atoms with E-state index in [1.807, 2.05) is 36.4 Å². The Kier molecular flexibility index (Phi) is 3.38. The van der Waals surface area contributed by atoms with E-state index in [-0.39, 0.29) is 5.56 Å². The first-order valence-electron chi connectivity index (χ1n) is 5.36. The second-order valence-electron chi connectivity index (χ2n) is 3.71. The molecular formula is C14H11NO3. The van der Waals surface area contributed by atoms with Crippen molar-refractivity contribution in [3.8, 4) is 0 Å². The number of hydrogen-bond donors (Lipinski definition) is 2. The van der Waals surface area contributed by atoms with Crippen LogP contribution < -0.4 is 5.56 Å². The molecule has 0 fully saturated rings. The van der Waals surface area contributed by atoms with Crippen LogP contribution in [0.5, 0.6) is 0 Å². The van der Waals surface area contributed by atoms with Gasteiger partial charge < -0.3 is 10.1 Å². The lowest BCUT2D eigenvalue weighted by atomic mass is 10.2. The number of nitrogens with one attached hydrogen (secondary N) is 1. The number of carboxylic acid groups (broad SMARTS) is 1. The van der Waals surface area contributed by atoms with Gasteiger partial charge in [-0.05, 0) is 23.8 Å². The maximum atomic E-state index is 11.4. The van der Waals surface area contributed by atoms with Gasteiger partial charge in [0.15, 0.2) is 0 Å². The highest BCUT2D eigenvalue weighted by molar-refractivity contribution is 5.87. The summed E-state index contributed by atoms with van der Waals surface area (Å²) in [5.74, 6) is -1.23. The summed E-state index contributed by atoms with van der Waals surface area (Å²) >= 11 is 0. The fourth-order valence-corrected chi connectivity index (χ4v) is 1.50. The van der Waals surface area contributed by atoms with Gasteiger partial charge in [0.2, 0.25) is 0 Å². The van der Waals surface area contributed by atoms with Gasteiger partial charge in [-0.1, -0.05) is 36.4 Å². The molecule has 0 radical (unpaired) electrons. The minimum absolute atomic E-state index is 0.258. The van der Waals surface area contributed by atoms with Crippen LogP contribution in [0.2, 0.25) is 0 Å². The monoisotopic (exact) mass is 241 g/mol. The van der Waals surface area contributed by atoms with E-state index in [9.17, 15) is 9.59 Å². The van der Waals surface area contributed by atoms with Crippen molar-refractivity contribution < 1.29 is 9.90 Å². The minimum Gasteiger partial charge on any atom is -0.477 e. The van der Waals surface area contributed by atoms with Crippen molar-refractivity contribution in [2.45, 2.75) is 0 Å². The van der Waals surface area contributed by atoms with Gasteiger partial charge in [-0.2, -0.15) is 0 Å². The number of pyridine rings is 1. The molecule has 4 nitrogen and oxygen atoms in total. The topological polar surface area (TPSA) is 70.2 Å². The molecule has 0 bridgehead atoms. The number of H-pyrrole nitrogens is 1. The fourth-order valence-electron chi connectivity index (χ4n) is 1.50. The zero-order valence-corrected chi connectivity index (χ0v) is 9.46. The van der Waals surface area contributed by atoms with Crippen LogP contribution in [0, 0.1) is 0 Å². The summed E-state index contributed by atoms with van der Waals surface area (Å²) < 4.78 is 0. The molecule has 0 saturated heterocycles. The molecule has 2 rings (SSSR count). The van der Waals surface area contributed by atoms with Crippen LogP contribution in [0.15, 0.2) is 47.3 Å². The average molecular weight is 241 g/mol. The van der Waals surface area contributed by atoms with Crippen LogP contribution in [0.25, 0.3) is 12.2 Å². The van der Waals surface area contributed by atoms with Crippen molar-refractivity contribution in [1.29, 1.82) is 0 Å². The Hall–Kier alpha value is -2.62. The standard InChI is InChI=1S/C14H11NO3/c16-13-12(14(17)18)9-8-11(15-13)7-6-10-4-2-1-3-5-10/h1-9H,(H,15,16)(H,17,18). The summed E-state index contributed by atoms with van der Waals surface area (Å²) in [5.41, 5.74) is 0.707. The smallest absolute Gasteiger partial charge is 0.341 e. The first-order chi connectivity index (χ1) is 8.66. The number of carbonyl (C=O) groups is 1. The van der Waals surface area contributed by atoms with E-state index in [1.54, 1.807) is 12.1 Å². The molecular weight excluding hydrogens is 230 g/mol. The van der Waals surface area contributed by atoms with Crippen molar-refractivity contribution in [2.75, 3.05) is 0 Å². The quantitative estimate of drug-likeness (QED) is 0.865. The zero-order chi connectivity index (χ0) is 13.0. The zero-order valence-electron chi connectivity index (χ0n) is 9.46. The Balaban J connectivity index is 2.26. The molecule has 1 heterocycles. The van der Waals surface area contributed by atoms with E-state index in [2.05, 4.69) is 4.98 Å². The van der Waals surface area contributed by atoms with Crippen molar-refractivity contribution in [3.63, 3.8) is 0 Å². The number of aromatic amines is 1. The summed E-state index contributed by atoms with van der Waals surface area (Å²) in [5, 5.41) is 8.73. The molecule has 0 aliphatic heterocycles. The summed E-state index contributed by atoms with van der Waals surface area (Å²) in [4.78, 5) is 24.6. The molecule has 2 aromatic rings. The van der Waals surface area contributed by atoms with E-state index >= 15 is 0 Å². The van der Waals surface area contributed by atoms with Crippen LogP contribution in [0.4, 0.5) is 0 Å². The highest BCUT2D eigenvalue weighted by Gasteiger charge is 2.07. The summed E-state index contributed by atoms with van der Waals surface area (Å²) in [6, 6.07) is 12.5. The Morgan fingerprint density at radius 1 is 1.06 bits per heavy atom. The minimum atomic E-state index is -1.23. The number of aromatic nitrogens is 1. The van der Waals surface area contributed by atoms with E-state index in [4.69, 9.17) is 5.11 Å². The molecule has 0 saturated carbocycles. The lowest BCUT2D eigenvalue weighted by Gasteiger charge is -1.96. The van der Waals surface area contributed by atoms with Gasteiger partial charge in [0.1, 0.15) is 5.56 Å². The number of rotatable bonds is 3. The Labute approximate surface area is 103 Å². The summed E-state index contributed by atoms with van der Waals surface area (Å²) in [6.45, 7) is 0. The van der Waals surface area contributed by atoms with Crippen LogP contribution in [0.3, 0.4) is 0 Å². The van der Waals surface area contributed by atoms with Crippen molar-refractivity contribution in [2.24, 2.45) is 0 Å². The molecule has 0 spiro atoms. The first-order valence-corrected chi connectivity index (χ1v) is 5.36. The van der Waals surface area contributed by atoms with Gasteiger partial charge in [-0.3, -0.25) is 4.79 Å². The first kappa shape index (κ1) is 11.9. The Morgan fingerprint density at radius 3 is 2.39 bits per heavy atom. The van der Waals surface area contributed by atoms with Crippen LogP contribution in [0.1, 0.15) is 21.6 Å². The van der Waals surface area contributed by atoms with Gasteiger partial charge in [0.25, 0.3) is 5.56 Å². The van der Waals surface area contributed by atoms with Gasteiger partial charge in [-0.15, -0.1) is 0 Å². The van der Waals surface area contributed by atoms with Gasteiger partial charge in [0.05, 0.1) is 0 Å². The van der Waals surface area contributed by atoms with E-state index in [0.29, 0.717) is 5.69 Å². The van der Waals surface area contributed by atoms with Crippen LogP contribution in [-0.2, 0) is 0 Å². The summed E-state index contributed by atoms with van der Waals surface area (Å²) in [7, 11) is 0. The lowest BCUT2D eigenvalue weighted by molar-refractivity contribution is 0.0695. The SMILES string of the molecule is O=C(O)c1ccc(C=Cc2ccccc2)[nH]c1=O. The predicted molar refractivity (Wildman–Crippen MR) is 69.4 cm³/mol. The molecule has 90 valence electrons. The summed E-state index contributed by atoms with van der Waals surface area (Å²) in [6.07, 6.45) is 3.56. The third-order valence-corrected chi connectivity index (χ3v) is 2.42. The molecule has 2 N–H and O–H groups in total. The molecule has 0 aliphatic rings. The lowest BCUT2D eigenvalue weighted by Crippen LogP contribution is -2.17. The largest absolute Gasteiger partial charge is 0.477 e. The van der Waals surface area contributed by atoms with Crippen molar-refractivity contribution in [3.05, 3.63) is 69.6 Å². The van der Waals surface area contributed by atoms with E-state index < -0.39 is 11.5 Å².